The van der Waals surface area contributed by atoms with E-state index in [4.69, 9.17) is 0 Å². The van der Waals surface area contributed by atoms with Gasteiger partial charge in [-0.3, -0.25) is 14.4 Å². The Balaban J connectivity index is 2.80. The third-order valence-electron chi connectivity index (χ3n) is 2.72. The highest BCUT2D eigenvalue weighted by molar-refractivity contribution is 5.94. The number of nitrogens with zero attached hydrogens (tertiary/aromatic N) is 1. The first kappa shape index (κ1) is 15.9. The molecule has 1 rings (SSSR count). The van der Waals surface area contributed by atoms with Crippen LogP contribution in [0.5, 0.6) is 0 Å². The van der Waals surface area contributed by atoms with Crippen LogP contribution in [0, 0.1) is 5.92 Å². The Hall–Kier alpha value is -2.11. The van der Waals surface area contributed by atoms with Crippen LogP contribution in [0.1, 0.15) is 30.6 Å². The van der Waals surface area contributed by atoms with Gasteiger partial charge < -0.3 is 14.6 Å². The van der Waals surface area contributed by atoms with Crippen LogP contribution in [-0.2, 0) is 9.53 Å². The standard InChI is InChI=1S/C14H20N2O4/c1-10(2)9-16(7-6-13(18)20-3)14(19)11-4-5-12(17)15-8-11/h4-5,8,10H,6-7,9H2,1-3H3,(H,15,17). The Kier molecular flexibility index (Phi) is 5.96. The smallest absolute Gasteiger partial charge is 0.307 e. The summed E-state index contributed by atoms with van der Waals surface area (Å²) in [4.78, 5) is 38.6. The van der Waals surface area contributed by atoms with Gasteiger partial charge >= 0.3 is 5.97 Å². The second-order valence-corrected chi connectivity index (χ2v) is 4.91. The van der Waals surface area contributed by atoms with Crippen LogP contribution in [0.15, 0.2) is 23.1 Å². The summed E-state index contributed by atoms with van der Waals surface area (Å²) in [6, 6.07) is 2.79. The lowest BCUT2D eigenvalue weighted by atomic mass is 10.1. The molecule has 0 aliphatic heterocycles. The first-order valence-electron chi connectivity index (χ1n) is 6.49. The van der Waals surface area contributed by atoms with E-state index < -0.39 is 0 Å². The number of methoxy groups -OCH3 is 1. The van der Waals surface area contributed by atoms with Gasteiger partial charge in [0.05, 0.1) is 19.1 Å². The summed E-state index contributed by atoms with van der Waals surface area (Å²) < 4.78 is 4.58. The monoisotopic (exact) mass is 280 g/mol. The second-order valence-electron chi connectivity index (χ2n) is 4.91. The van der Waals surface area contributed by atoms with Gasteiger partial charge in [0.1, 0.15) is 0 Å². The lowest BCUT2D eigenvalue weighted by Crippen LogP contribution is -2.36. The Labute approximate surface area is 117 Å². The van der Waals surface area contributed by atoms with Gasteiger partial charge in [-0.1, -0.05) is 13.8 Å². The van der Waals surface area contributed by atoms with Crippen molar-refractivity contribution in [2.45, 2.75) is 20.3 Å². The summed E-state index contributed by atoms with van der Waals surface area (Å²) >= 11 is 0. The van der Waals surface area contributed by atoms with E-state index in [9.17, 15) is 14.4 Å². The number of esters is 1. The number of rotatable bonds is 6. The highest BCUT2D eigenvalue weighted by atomic mass is 16.5. The van der Waals surface area contributed by atoms with Crippen LogP contribution >= 0.6 is 0 Å². The summed E-state index contributed by atoms with van der Waals surface area (Å²) in [5.41, 5.74) is 0.140. The van der Waals surface area contributed by atoms with Crippen molar-refractivity contribution in [3.63, 3.8) is 0 Å². The molecule has 0 saturated heterocycles. The van der Waals surface area contributed by atoms with E-state index >= 15 is 0 Å². The van der Waals surface area contributed by atoms with Crippen molar-refractivity contribution in [2.24, 2.45) is 5.92 Å². The molecule has 1 aromatic heterocycles. The molecule has 110 valence electrons. The number of carbonyl (C=O) groups is 2. The normalized spacial score (nSPS) is 10.4. The molecule has 0 aliphatic rings. The molecule has 0 aliphatic carbocycles. The van der Waals surface area contributed by atoms with Crippen molar-refractivity contribution in [2.75, 3.05) is 20.2 Å². The van der Waals surface area contributed by atoms with Crippen molar-refractivity contribution in [1.82, 2.24) is 9.88 Å². The molecule has 1 amide bonds. The topological polar surface area (TPSA) is 79.5 Å². The van der Waals surface area contributed by atoms with Crippen LogP contribution < -0.4 is 5.56 Å². The maximum Gasteiger partial charge on any atom is 0.307 e. The molecule has 0 fully saturated rings. The van der Waals surface area contributed by atoms with E-state index in [1.807, 2.05) is 13.8 Å². The maximum atomic E-state index is 12.3. The third kappa shape index (κ3) is 4.87. The molecule has 1 heterocycles. The predicted octanol–water partition coefficient (Wildman–Crippen LogP) is 1.04. The van der Waals surface area contributed by atoms with E-state index in [0.29, 0.717) is 18.7 Å². The number of nitrogens with one attached hydrogen (secondary N) is 1. The quantitative estimate of drug-likeness (QED) is 0.789. The van der Waals surface area contributed by atoms with Gasteiger partial charge in [0, 0.05) is 25.4 Å². The Morgan fingerprint density at radius 2 is 2.05 bits per heavy atom. The van der Waals surface area contributed by atoms with Gasteiger partial charge in [0.25, 0.3) is 5.91 Å². The fraction of sp³-hybridized carbons (Fsp3) is 0.500. The molecule has 0 radical (unpaired) electrons. The number of hydrogen-bond acceptors (Lipinski definition) is 4. The predicted molar refractivity (Wildman–Crippen MR) is 74.4 cm³/mol. The Morgan fingerprint density at radius 1 is 1.35 bits per heavy atom. The maximum absolute atomic E-state index is 12.3. The van der Waals surface area contributed by atoms with Crippen LogP contribution in [0.3, 0.4) is 0 Å². The number of amides is 1. The Bertz CT molecular complexity index is 502. The summed E-state index contributed by atoms with van der Waals surface area (Å²) in [6.07, 6.45) is 1.54. The number of aromatic nitrogens is 1. The highest BCUT2D eigenvalue weighted by Crippen LogP contribution is 2.07. The van der Waals surface area contributed by atoms with E-state index in [-0.39, 0.29) is 29.8 Å². The minimum atomic E-state index is -0.354. The zero-order chi connectivity index (χ0) is 15.1. The summed E-state index contributed by atoms with van der Waals surface area (Å²) in [6.45, 7) is 4.81. The molecule has 1 aromatic rings. The Morgan fingerprint density at radius 3 is 2.55 bits per heavy atom. The molecule has 1 N–H and O–H groups in total. The van der Waals surface area contributed by atoms with E-state index in [0.717, 1.165) is 0 Å². The zero-order valence-corrected chi connectivity index (χ0v) is 12.0. The van der Waals surface area contributed by atoms with E-state index in [1.54, 1.807) is 4.90 Å². The van der Waals surface area contributed by atoms with E-state index in [2.05, 4.69) is 9.72 Å². The zero-order valence-electron chi connectivity index (χ0n) is 12.0. The van der Waals surface area contributed by atoms with E-state index in [1.165, 1.54) is 25.4 Å². The molecule has 0 saturated carbocycles. The second kappa shape index (κ2) is 7.47. The largest absolute Gasteiger partial charge is 0.469 e. The van der Waals surface area contributed by atoms with Crippen molar-refractivity contribution in [1.29, 1.82) is 0 Å². The minimum absolute atomic E-state index is 0.151. The SMILES string of the molecule is COC(=O)CCN(CC(C)C)C(=O)c1ccc(=O)[nH]c1. The number of H-pyrrole nitrogens is 1. The fourth-order valence-electron chi connectivity index (χ4n) is 1.77. The molecule has 6 heteroatoms. The average molecular weight is 280 g/mol. The van der Waals surface area contributed by atoms with Gasteiger partial charge in [0.2, 0.25) is 5.56 Å². The summed E-state index contributed by atoms with van der Waals surface area (Å²) in [7, 11) is 1.32. The van der Waals surface area contributed by atoms with Gasteiger partial charge in [0.15, 0.2) is 0 Å². The molecule has 20 heavy (non-hydrogen) atoms. The first-order chi connectivity index (χ1) is 9.43. The molecular formula is C14H20N2O4. The molecule has 0 unspecified atom stereocenters. The molecule has 0 bridgehead atoms. The van der Waals surface area contributed by atoms with Crippen LogP contribution in [-0.4, -0.2) is 42.0 Å². The van der Waals surface area contributed by atoms with Crippen molar-refractivity contribution < 1.29 is 14.3 Å². The van der Waals surface area contributed by atoms with Crippen molar-refractivity contribution >= 4 is 11.9 Å². The summed E-state index contributed by atoms with van der Waals surface area (Å²) in [5, 5.41) is 0. The van der Waals surface area contributed by atoms with Gasteiger partial charge in [-0.15, -0.1) is 0 Å². The van der Waals surface area contributed by atoms with Crippen LogP contribution in [0.4, 0.5) is 0 Å². The van der Waals surface area contributed by atoms with Crippen molar-refractivity contribution in [3.05, 3.63) is 34.2 Å². The molecule has 0 atom stereocenters. The third-order valence-corrected chi connectivity index (χ3v) is 2.72. The van der Waals surface area contributed by atoms with Gasteiger partial charge in [-0.25, -0.2) is 0 Å². The van der Waals surface area contributed by atoms with Gasteiger partial charge in [-0.05, 0) is 12.0 Å². The number of aromatic amines is 1. The molecule has 0 aromatic carbocycles. The first-order valence-corrected chi connectivity index (χ1v) is 6.49. The number of hydrogen-bond donors (Lipinski definition) is 1. The molecule has 0 spiro atoms. The fourth-order valence-corrected chi connectivity index (χ4v) is 1.77. The lowest BCUT2D eigenvalue weighted by Gasteiger charge is -2.24. The molecule has 6 nitrogen and oxygen atoms in total. The lowest BCUT2D eigenvalue weighted by molar-refractivity contribution is -0.140. The van der Waals surface area contributed by atoms with Gasteiger partial charge in [-0.2, -0.15) is 0 Å². The molecular weight excluding hydrogens is 260 g/mol. The van der Waals surface area contributed by atoms with Crippen molar-refractivity contribution in [3.8, 4) is 0 Å². The highest BCUT2D eigenvalue weighted by Gasteiger charge is 2.18. The summed E-state index contributed by atoms with van der Waals surface area (Å²) in [5.74, 6) is -0.286. The average Bonchev–Trinajstić information content (AvgIpc) is 2.42. The minimum Gasteiger partial charge on any atom is -0.469 e. The number of pyridine rings is 1. The number of ether oxygens (including phenoxy) is 1. The van der Waals surface area contributed by atoms with Crippen LogP contribution in [0.25, 0.3) is 0 Å². The van der Waals surface area contributed by atoms with Crippen LogP contribution in [0.2, 0.25) is 0 Å². The number of carbonyl (C=O) groups excluding carboxylic acids is 2.